The zero-order chi connectivity index (χ0) is 20.9. The average molecular weight is 433 g/mol. The predicted molar refractivity (Wildman–Crippen MR) is 109 cm³/mol. The molecule has 0 aromatic heterocycles. The summed E-state index contributed by atoms with van der Waals surface area (Å²) in [6, 6.07) is 10.1. The van der Waals surface area contributed by atoms with Crippen molar-refractivity contribution in [1.29, 1.82) is 0 Å². The molecule has 1 N–H and O–H groups in total. The molecule has 1 spiro atoms. The van der Waals surface area contributed by atoms with E-state index in [4.69, 9.17) is 16.3 Å². The van der Waals surface area contributed by atoms with E-state index in [2.05, 4.69) is 5.32 Å². The maximum absolute atomic E-state index is 14.1. The second kappa shape index (κ2) is 7.59. The number of hydrogen-bond acceptors (Lipinski definition) is 3. The van der Waals surface area contributed by atoms with Crippen molar-refractivity contribution in [2.75, 3.05) is 13.1 Å². The van der Waals surface area contributed by atoms with Crippen LogP contribution in [0.3, 0.4) is 0 Å². The van der Waals surface area contributed by atoms with Gasteiger partial charge >= 0.3 is 0 Å². The Morgan fingerprint density at radius 2 is 2.00 bits per heavy atom. The highest BCUT2D eigenvalue weighted by Gasteiger charge is 2.53. The SMILES string of the molecule is O=C(C1CNCC[C@@]12OCc1cc(F)c(F)cc12)N(Cc1ccccc1Cl)C1CC1. The van der Waals surface area contributed by atoms with Gasteiger partial charge in [0.25, 0.3) is 0 Å². The molecule has 5 rings (SSSR count). The largest absolute Gasteiger partial charge is 0.365 e. The Hall–Kier alpha value is -2.02. The van der Waals surface area contributed by atoms with Crippen LogP contribution in [0.5, 0.6) is 0 Å². The van der Waals surface area contributed by atoms with Crippen LogP contribution >= 0.6 is 11.6 Å². The van der Waals surface area contributed by atoms with E-state index in [1.807, 2.05) is 29.2 Å². The number of piperidine rings is 1. The number of amides is 1. The van der Waals surface area contributed by atoms with Gasteiger partial charge in [0.05, 0.1) is 12.5 Å². The van der Waals surface area contributed by atoms with Gasteiger partial charge in [-0.25, -0.2) is 8.78 Å². The van der Waals surface area contributed by atoms with E-state index in [1.54, 1.807) is 0 Å². The molecule has 1 unspecified atom stereocenters. The lowest BCUT2D eigenvalue weighted by atomic mass is 9.75. The van der Waals surface area contributed by atoms with Crippen LogP contribution in [0.4, 0.5) is 8.78 Å². The summed E-state index contributed by atoms with van der Waals surface area (Å²) in [4.78, 5) is 15.7. The third-order valence-corrected chi connectivity index (χ3v) is 6.91. The van der Waals surface area contributed by atoms with E-state index in [1.165, 1.54) is 12.1 Å². The molecular formula is C23H23ClF2N2O2. The van der Waals surface area contributed by atoms with E-state index < -0.39 is 23.2 Å². The van der Waals surface area contributed by atoms with Crippen molar-refractivity contribution >= 4 is 17.5 Å². The summed E-state index contributed by atoms with van der Waals surface area (Å²) in [6.07, 6.45) is 2.45. The fourth-order valence-electron chi connectivity index (χ4n) is 4.81. The zero-order valence-electron chi connectivity index (χ0n) is 16.5. The summed E-state index contributed by atoms with van der Waals surface area (Å²) in [5.41, 5.74) is 1.20. The van der Waals surface area contributed by atoms with Crippen LogP contribution in [0.15, 0.2) is 36.4 Å². The van der Waals surface area contributed by atoms with Gasteiger partial charge in [0, 0.05) is 24.2 Å². The van der Waals surface area contributed by atoms with Crippen LogP contribution in [0.2, 0.25) is 5.02 Å². The maximum atomic E-state index is 14.1. The van der Waals surface area contributed by atoms with Gasteiger partial charge in [-0.2, -0.15) is 0 Å². The third-order valence-electron chi connectivity index (χ3n) is 6.54. The van der Waals surface area contributed by atoms with Crippen molar-refractivity contribution in [3.05, 3.63) is 69.7 Å². The van der Waals surface area contributed by atoms with Gasteiger partial charge in [-0.15, -0.1) is 0 Å². The van der Waals surface area contributed by atoms with E-state index in [-0.39, 0.29) is 18.6 Å². The highest BCUT2D eigenvalue weighted by molar-refractivity contribution is 6.31. The van der Waals surface area contributed by atoms with Crippen LogP contribution in [-0.4, -0.2) is 29.9 Å². The summed E-state index contributed by atoms with van der Waals surface area (Å²) in [6.45, 7) is 1.70. The molecule has 30 heavy (non-hydrogen) atoms. The first-order chi connectivity index (χ1) is 14.5. The predicted octanol–water partition coefficient (Wildman–Crippen LogP) is 4.14. The van der Waals surface area contributed by atoms with Crippen LogP contribution in [0.25, 0.3) is 0 Å². The highest BCUT2D eigenvalue weighted by atomic mass is 35.5. The molecule has 2 aromatic rings. The molecule has 4 nitrogen and oxygen atoms in total. The molecule has 3 aliphatic rings. The van der Waals surface area contributed by atoms with E-state index in [9.17, 15) is 13.6 Å². The van der Waals surface area contributed by atoms with Crippen molar-refractivity contribution in [2.45, 2.75) is 44.1 Å². The first-order valence-corrected chi connectivity index (χ1v) is 10.7. The monoisotopic (exact) mass is 432 g/mol. The summed E-state index contributed by atoms with van der Waals surface area (Å²) >= 11 is 6.35. The summed E-state index contributed by atoms with van der Waals surface area (Å²) in [5.74, 6) is -2.33. The minimum Gasteiger partial charge on any atom is -0.365 e. The minimum absolute atomic E-state index is 0.0257. The van der Waals surface area contributed by atoms with Gasteiger partial charge in [0.2, 0.25) is 5.91 Å². The Bertz CT molecular complexity index is 997. The molecule has 1 aliphatic carbocycles. The van der Waals surface area contributed by atoms with Crippen LogP contribution in [0.1, 0.15) is 36.0 Å². The van der Waals surface area contributed by atoms with Crippen LogP contribution in [-0.2, 0) is 28.3 Å². The first kappa shape index (κ1) is 19.9. The number of carbonyl (C=O) groups is 1. The van der Waals surface area contributed by atoms with Gasteiger partial charge in [-0.1, -0.05) is 29.8 Å². The number of nitrogens with zero attached hydrogens (tertiary/aromatic N) is 1. The standard InChI is InChI=1S/C23H23ClF2N2O2/c24-19-4-2-1-3-14(19)12-28(16-5-6-16)22(29)18-11-27-8-7-23(18)17-10-21(26)20(25)9-15(17)13-30-23/h1-4,9-10,16,18,27H,5-8,11-13H2/t18?,23-/m0/s1. The van der Waals surface area contributed by atoms with Crippen LogP contribution < -0.4 is 5.32 Å². The number of ether oxygens (including phenoxy) is 1. The Labute approximate surface area is 179 Å². The minimum atomic E-state index is -0.931. The van der Waals surface area contributed by atoms with Crippen molar-refractivity contribution in [3.8, 4) is 0 Å². The number of hydrogen-bond donors (Lipinski definition) is 1. The van der Waals surface area contributed by atoms with E-state index in [0.29, 0.717) is 42.2 Å². The van der Waals surface area contributed by atoms with Crippen molar-refractivity contribution in [2.24, 2.45) is 5.92 Å². The van der Waals surface area contributed by atoms with Crippen LogP contribution in [0, 0.1) is 17.6 Å². The number of fused-ring (bicyclic) bond motifs is 2. The lowest BCUT2D eigenvalue weighted by Gasteiger charge is -2.43. The normalized spacial score (nSPS) is 25.4. The Balaban J connectivity index is 1.50. The number of halogens is 3. The summed E-state index contributed by atoms with van der Waals surface area (Å²) in [7, 11) is 0. The molecule has 1 saturated carbocycles. The average Bonchev–Trinajstić information content (AvgIpc) is 3.53. The lowest BCUT2D eigenvalue weighted by Crippen LogP contribution is -2.55. The fraction of sp³-hybridized carbons (Fsp3) is 0.435. The molecule has 1 amide bonds. The molecule has 1 saturated heterocycles. The summed E-state index contributed by atoms with van der Waals surface area (Å²) in [5, 5.41) is 3.92. The molecule has 7 heteroatoms. The van der Waals surface area contributed by atoms with Crippen molar-refractivity contribution < 1.29 is 18.3 Å². The van der Waals surface area contributed by atoms with Crippen molar-refractivity contribution in [1.82, 2.24) is 10.2 Å². The number of benzene rings is 2. The molecule has 2 heterocycles. The lowest BCUT2D eigenvalue weighted by molar-refractivity contribution is -0.157. The third kappa shape index (κ3) is 3.31. The highest BCUT2D eigenvalue weighted by Crippen LogP contribution is 2.48. The Morgan fingerprint density at radius 3 is 2.77 bits per heavy atom. The molecule has 0 radical (unpaired) electrons. The number of rotatable bonds is 4. The summed E-state index contributed by atoms with van der Waals surface area (Å²) < 4.78 is 34.1. The molecule has 2 fully saturated rings. The first-order valence-electron chi connectivity index (χ1n) is 10.4. The quantitative estimate of drug-likeness (QED) is 0.789. The molecule has 0 bridgehead atoms. The molecule has 158 valence electrons. The Morgan fingerprint density at radius 1 is 1.23 bits per heavy atom. The fourth-order valence-corrected chi connectivity index (χ4v) is 5.01. The van der Waals surface area contributed by atoms with Gasteiger partial charge < -0.3 is 15.0 Å². The van der Waals surface area contributed by atoms with E-state index in [0.717, 1.165) is 18.4 Å². The second-order valence-electron chi connectivity index (χ2n) is 8.40. The maximum Gasteiger partial charge on any atom is 0.230 e. The van der Waals surface area contributed by atoms with Crippen molar-refractivity contribution in [3.63, 3.8) is 0 Å². The molecule has 2 aliphatic heterocycles. The zero-order valence-corrected chi connectivity index (χ0v) is 17.2. The molecular weight excluding hydrogens is 410 g/mol. The second-order valence-corrected chi connectivity index (χ2v) is 8.80. The van der Waals surface area contributed by atoms with Gasteiger partial charge in [-0.05, 0) is 60.7 Å². The topological polar surface area (TPSA) is 41.6 Å². The molecule has 2 aromatic carbocycles. The Kier molecular flexibility index (Phi) is 5.04. The van der Waals surface area contributed by atoms with Gasteiger partial charge in [-0.3, -0.25) is 4.79 Å². The van der Waals surface area contributed by atoms with E-state index >= 15 is 0 Å². The van der Waals surface area contributed by atoms with Gasteiger partial charge in [0.1, 0.15) is 5.60 Å². The number of carbonyl (C=O) groups excluding carboxylic acids is 1. The number of nitrogens with one attached hydrogen (secondary N) is 1. The smallest absolute Gasteiger partial charge is 0.230 e. The molecule has 2 atom stereocenters. The van der Waals surface area contributed by atoms with Gasteiger partial charge in [0.15, 0.2) is 11.6 Å².